The van der Waals surface area contributed by atoms with Gasteiger partial charge in [0, 0.05) is 11.8 Å². The standard InChI is InChI=1S/C10H12ClN3O3/c1-2-8(12)10(15)13-6-3-4-7(11)9(5-6)14(16)17/h3-5,8H,2,12H2,1H3,(H,13,15)/t8-/m1/s1. The summed E-state index contributed by atoms with van der Waals surface area (Å²) in [6.45, 7) is 1.77. The Balaban J connectivity index is 2.90. The number of nitrogens with one attached hydrogen (secondary N) is 1. The van der Waals surface area contributed by atoms with Crippen molar-refractivity contribution in [2.75, 3.05) is 5.32 Å². The SMILES string of the molecule is CC[C@@H](N)C(=O)Nc1ccc(Cl)c([N+](=O)[O-])c1. The Morgan fingerprint density at radius 1 is 1.65 bits per heavy atom. The molecule has 6 nitrogen and oxygen atoms in total. The van der Waals surface area contributed by atoms with E-state index in [4.69, 9.17) is 17.3 Å². The molecule has 0 aliphatic carbocycles. The summed E-state index contributed by atoms with van der Waals surface area (Å²) in [5, 5.41) is 13.1. The Morgan fingerprint density at radius 2 is 2.29 bits per heavy atom. The van der Waals surface area contributed by atoms with Crippen LogP contribution in [-0.2, 0) is 4.79 Å². The van der Waals surface area contributed by atoms with Gasteiger partial charge in [0.2, 0.25) is 5.91 Å². The van der Waals surface area contributed by atoms with Crippen LogP contribution in [0.4, 0.5) is 11.4 Å². The van der Waals surface area contributed by atoms with Crippen molar-refractivity contribution in [1.82, 2.24) is 0 Å². The van der Waals surface area contributed by atoms with Crippen molar-refractivity contribution >= 4 is 28.9 Å². The lowest BCUT2D eigenvalue weighted by molar-refractivity contribution is -0.384. The van der Waals surface area contributed by atoms with E-state index in [1.807, 2.05) is 0 Å². The first-order valence-corrected chi connectivity index (χ1v) is 5.34. The molecule has 0 spiro atoms. The van der Waals surface area contributed by atoms with Crippen LogP contribution >= 0.6 is 11.6 Å². The maximum Gasteiger partial charge on any atom is 0.289 e. The molecule has 1 rings (SSSR count). The summed E-state index contributed by atoms with van der Waals surface area (Å²) >= 11 is 5.64. The summed E-state index contributed by atoms with van der Waals surface area (Å²) in [7, 11) is 0. The molecule has 1 aromatic carbocycles. The number of nitro benzene ring substituents is 1. The molecule has 0 bridgehead atoms. The molecule has 92 valence electrons. The Morgan fingerprint density at radius 3 is 2.82 bits per heavy atom. The van der Waals surface area contributed by atoms with Crippen LogP contribution in [0.25, 0.3) is 0 Å². The predicted octanol–water partition coefficient (Wildman–Crippen LogP) is 1.92. The van der Waals surface area contributed by atoms with Gasteiger partial charge in [0.25, 0.3) is 5.69 Å². The molecule has 0 radical (unpaired) electrons. The van der Waals surface area contributed by atoms with E-state index in [2.05, 4.69) is 5.32 Å². The molecule has 0 saturated carbocycles. The van der Waals surface area contributed by atoms with Crippen LogP contribution < -0.4 is 11.1 Å². The maximum absolute atomic E-state index is 11.5. The number of hydrogen-bond donors (Lipinski definition) is 2. The lowest BCUT2D eigenvalue weighted by Crippen LogP contribution is -2.34. The highest BCUT2D eigenvalue weighted by Crippen LogP contribution is 2.27. The number of carbonyl (C=O) groups is 1. The number of hydrogen-bond acceptors (Lipinski definition) is 4. The van der Waals surface area contributed by atoms with E-state index in [1.54, 1.807) is 6.92 Å². The van der Waals surface area contributed by atoms with Gasteiger partial charge in [-0.2, -0.15) is 0 Å². The minimum atomic E-state index is -0.635. The zero-order valence-corrected chi connectivity index (χ0v) is 9.90. The zero-order chi connectivity index (χ0) is 13.0. The monoisotopic (exact) mass is 257 g/mol. The van der Waals surface area contributed by atoms with Gasteiger partial charge in [-0.15, -0.1) is 0 Å². The largest absolute Gasteiger partial charge is 0.324 e. The van der Waals surface area contributed by atoms with E-state index >= 15 is 0 Å². The van der Waals surface area contributed by atoms with Crippen molar-refractivity contribution in [3.05, 3.63) is 33.3 Å². The van der Waals surface area contributed by atoms with E-state index in [1.165, 1.54) is 18.2 Å². The summed E-state index contributed by atoms with van der Waals surface area (Å²) in [4.78, 5) is 21.5. The van der Waals surface area contributed by atoms with Crippen molar-refractivity contribution in [3.8, 4) is 0 Å². The number of carbonyl (C=O) groups excluding carboxylic acids is 1. The third kappa shape index (κ3) is 3.40. The van der Waals surface area contributed by atoms with Gasteiger partial charge in [0.05, 0.1) is 11.0 Å². The third-order valence-electron chi connectivity index (χ3n) is 2.19. The fraction of sp³-hybridized carbons (Fsp3) is 0.300. The molecule has 1 atom stereocenters. The summed E-state index contributed by atoms with van der Waals surface area (Å²) in [5.41, 5.74) is 5.57. The van der Waals surface area contributed by atoms with Crippen molar-refractivity contribution < 1.29 is 9.72 Å². The van der Waals surface area contributed by atoms with Crippen molar-refractivity contribution in [3.63, 3.8) is 0 Å². The number of rotatable bonds is 4. The van der Waals surface area contributed by atoms with E-state index in [-0.39, 0.29) is 16.6 Å². The summed E-state index contributed by atoms with van der Waals surface area (Å²) in [5.74, 6) is -0.385. The van der Waals surface area contributed by atoms with Gasteiger partial charge in [-0.1, -0.05) is 18.5 Å². The van der Waals surface area contributed by atoms with Gasteiger partial charge in [-0.25, -0.2) is 0 Å². The average molecular weight is 258 g/mol. The molecule has 1 aromatic rings. The molecule has 0 aliphatic rings. The highest BCUT2D eigenvalue weighted by atomic mass is 35.5. The first-order valence-electron chi connectivity index (χ1n) is 4.96. The number of nitro groups is 1. The Labute approximate surface area is 103 Å². The van der Waals surface area contributed by atoms with Crippen molar-refractivity contribution in [2.45, 2.75) is 19.4 Å². The lowest BCUT2D eigenvalue weighted by Gasteiger charge is -2.09. The second kappa shape index (κ2) is 5.60. The molecule has 0 aliphatic heterocycles. The van der Waals surface area contributed by atoms with E-state index in [9.17, 15) is 14.9 Å². The molecule has 17 heavy (non-hydrogen) atoms. The first kappa shape index (κ1) is 13.4. The van der Waals surface area contributed by atoms with Crippen LogP contribution in [0.5, 0.6) is 0 Å². The molecule has 0 saturated heterocycles. The van der Waals surface area contributed by atoms with Crippen molar-refractivity contribution in [2.24, 2.45) is 5.73 Å². The molecule has 3 N–H and O–H groups in total. The fourth-order valence-corrected chi connectivity index (χ4v) is 1.34. The number of amides is 1. The lowest BCUT2D eigenvalue weighted by atomic mass is 10.2. The van der Waals surface area contributed by atoms with Crippen LogP contribution in [0.1, 0.15) is 13.3 Å². The number of benzene rings is 1. The number of nitrogens with zero attached hydrogens (tertiary/aromatic N) is 1. The van der Waals surface area contributed by atoms with E-state index in [0.717, 1.165) is 0 Å². The van der Waals surface area contributed by atoms with E-state index in [0.29, 0.717) is 12.1 Å². The summed E-state index contributed by atoms with van der Waals surface area (Å²) < 4.78 is 0. The molecule has 0 aromatic heterocycles. The fourth-order valence-electron chi connectivity index (χ4n) is 1.15. The van der Waals surface area contributed by atoms with Gasteiger partial charge in [0.15, 0.2) is 0 Å². The second-order valence-corrected chi connectivity index (χ2v) is 3.83. The topological polar surface area (TPSA) is 98.3 Å². The molecular weight excluding hydrogens is 246 g/mol. The van der Waals surface area contributed by atoms with Gasteiger partial charge in [-0.3, -0.25) is 14.9 Å². The maximum atomic E-state index is 11.5. The van der Waals surface area contributed by atoms with Crippen LogP contribution in [0.2, 0.25) is 5.02 Å². The van der Waals surface area contributed by atoms with Crippen LogP contribution in [0.15, 0.2) is 18.2 Å². The number of anilines is 1. The molecule has 1 amide bonds. The average Bonchev–Trinajstić information content (AvgIpc) is 2.30. The Bertz CT molecular complexity index is 450. The van der Waals surface area contributed by atoms with E-state index < -0.39 is 11.0 Å². The zero-order valence-electron chi connectivity index (χ0n) is 9.14. The summed E-state index contributed by atoms with van der Waals surface area (Å²) in [6.07, 6.45) is 0.488. The highest BCUT2D eigenvalue weighted by Gasteiger charge is 2.15. The van der Waals surface area contributed by atoms with Gasteiger partial charge in [-0.05, 0) is 18.6 Å². The van der Waals surface area contributed by atoms with Crippen LogP contribution in [-0.4, -0.2) is 16.9 Å². The van der Waals surface area contributed by atoms with Gasteiger partial charge in [0.1, 0.15) is 5.02 Å². The Hall–Kier alpha value is -1.66. The normalized spacial score (nSPS) is 11.9. The predicted molar refractivity (Wildman–Crippen MR) is 65.0 cm³/mol. The smallest absolute Gasteiger partial charge is 0.289 e. The molecular formula is C10H12ClN3O3. The molecule has 0 heterocycles. The molecule has 7 heteroatoms. The van der Waals surface area contributed by atoms with Gasteiger partial charge < -0.3 is 11.1 Å². The minimum absolute atomic E-state index is 0.0211. The molecule has 0 unspecified atom stereocenters. The minimum Gasteiger partial charge on any atom is -0.324 e. The number of nitrogens with two attached hydrogens (primary N) is 1. The molecule has 0 fully saturated rings. The van der Waals surface area contributed by atoms with Gasteiger partial charge >= 0.3 is 0 Å². The van der Waals surface area contributed by atoms with Crippen LogP contribution in [0, 0.1) is 10.1 Å². The van der Waals surface area contributed by atoms with Crippen LogP contribution in [0.3, 0.4) is 0 Å². The van der Waals surface area contributed by atoms with Crippen molar-refractivity contribution in [1.29, 1.82) is 0 Å². The quantitative estimate of drug-likeness (QED) is 0.636. The number of halogens is 1. The third-order valence-corrected chi connectivity index (χ3v) is 2.51. The second-order valence-electron chi connectivity index (χ2n) is 3.43. The summed E-state index contributed by atoms with van der Waals surface area (Å²) in [6, 6.07) is 3.40. The Kier molecular flexibility index (Phi) is 4.42. The highest BCUT2D eigenvalue weighted by molar-refractivity contribution is 6.32. The first-order chi connectivity index (χ1) is 7.95.